The summed E-state index contributed by atoms with van der Waals surface area (Å²) in [7, 11) is 0. The molecule has 18 heavy (non-hydrogen) atoms. The van der Waals surface area contributed by atoms with Gasteiger partial charge in [0.2, 0.25) is 5.88 Å². The standard InChI is InChI=1S/C14H9BrN2O/c15-12-8-16-9-17-14(12)18-13-7-3-5-10-4-1-2-6-11(10)13/h1-9H. The van der Waals surface area contributed by atoms with E-state index < -0.39 is 0 Å². The van der Waals surface area contributed by atoms with Gasteiger partial charge < -0.3 is 4.74 Å². The molecule has 1 heterocycles. The normalized spacial score (nSPS) is 10.5. The Bertz CT molecular complexity index is 695. The van der Waals surface area contributed by atoms with Crippen LogP contribution >= 0.6 is 15.9 Å². The molecule has 3 nitrogen and oxygen atoms in total. The van der Waals surface area contributed by atoms with Gasteiger partial charge in [-0.1, -0.05) is 36.4 Å². The van der Waals surface area contributed by atoms with Crippen molar-refractivity contribution in [2.45, 2.75) is 0 Å². The third kappa shape index (κ3) is 2.07. The lowest BCUT2D eigenvalue weighted by atomic mass is 10.1. The first-order valence-electron chi connectivity index (χ1n) is 5.46. The van der Waals surface area contributed by atoms with Crippen LogP contribution < -0.4 is 4.74 Å². The molecule has 0 fully saturated rings. The van der Waals surface area contributed by atoms with E-state index in [1.54, 1.807) is 6.20 Å². The Balaban J connectivity index is 2.08. The highest BCUT2D eigenvalue weighted by atomic mass is 79.9. The molecule has 3 aromatic rings. The highest BCUT2D eigenvalue weighted by molar-refractivity contribution is 9.10. The first-order valence-corrected chi connectivity index (χ1v) is 6.25. The maximum absolute atomic E-state index is 5.82. The molecule has 0 aliphatic carbocycles. The molecule has 1 aromatic heterocycles. The van der Waals surface area contributed by atoms with E-state index in [0.29, 0.717) is 5.88 Å². The number of halogens is 1. The topological polar surface area (TPSA) is 35.0 Å². The minimum absolute atomic E-state index is 0.515. The molecule has 0 bridgehead atoms. The lowest BCUT2D eigenvalue weighted by Crippen LogP contribution is -1.90. The van der Waals surface area contributed by atoms with Gasteiger partial charge in [0.05, 0.1) is 4.47 Å². The number of hydrogen-bond donors (Lipinski definition) is 0. The van der Waals surface area contributed by atoms with Crippen LogP contribution in [0.15, 0.2) is 59.5 Å². The Labute approximate surface area is 113 Å². The first-order chi connectivity index (χ1) is 8.84. The lowest BCUT2D eigenvalue weighted by molar-refractivity contribution is 0.463. The van der Waals surface area contributed by atoms with E-state index in [1.807, 2.05) is 30.3 Å². The van der Waals surface area contributed by atoms with Crippen LogP contribution in [0.25, 0.3) is 10.8 Å². The first kappa shape index (κ1) is 11.2. The van der Waals surface area contributed by atoms with Crippen molar-refractivity contribution in [2.24, 2.45) is 0 Å². The Morgan fingerprint density at radius 2 is 1.83 bits per heavy atom. The van der Waals surface area contributed by atoms with Gasteiger partial charge in [-0.2, -0.15) is 0 Å². The summed E-state index contributed by atoms with van der Waals surface area (Å²) >= 11 is 3.37. The van der Waals surface area contributed by atoms with E-state index in [2.05, 4.69) is 38.0 Å². The van der Waals surface area contributed by atoms with Crippen molar-refractivity contribution in [3.8, 4) is 11.6 Å². The summed E-state index contributed by atoms with van der Waals surface area (Å²) < 4.78 is 6.56. The van der Waals surface area contributed by atoms with Crippen LogP contribution in [0.2, 0.25) is 0 Å². The molecule has 0 radical (unpaired) electrons. The van der Waals surface area contributed by atoms with Crippen molar-refractivity contribution in [1.29, 1.82) is 0 Å². The van der Waals surface area contributed by atoms with Gasteiger partial charge in [0.25, 0.3) is 0 Å². The van der Waals surface area contributed by atoms with Crippen LogP contribution in [-0.4, -0.2) is 9.97 Å². The molecular weight excluding hydrogens is 292 g/mol. The number of rotatable bonds is 2. The Kier molecular flexibility index (Phi) is 2.94. The zero-order valence-electron chi connectivity index (χ0n) is 9.38. The fourth-order valence-electron chi connectivity index (χ4n) is 1.77. The van der Waals surface area contributed by atoms with Crippen molar-refractivity contribution >= 4 is 26.7 Å². The molecule has 0 saturated carbocycles. The maximum atomic E-state index is 5.82. The molecule has 4 heteroatoms. The Morgan fingerprint density at radius 3 is 2.72 bits per heavy atom. The number of hydrogen-bond acceptors (Lipinski definition) is 3. The highest BCUT2D eigenvalue weighted by Gasteiger charge is 2.06. The van der Waals surface area contributed by atoms with E-state index in [-0.39, 0.29) is 0 Å². The van der Waals surface area contributed by atoms with E-state index in [0.717, 1.165) is 21.0 Å². The Hall–Kier alpha value is -1.94. The number of fused-ring (bicyclic) bond motifs is 1. The fraction of sp³-hybridized carbons (Fsp3) is 0. The van der Waals surface area contributed by atoms with Crippen molar-refractivity contribution in [3.63, 3.8) is 0 Å². The van der Waals surface area contributed by atoms with Crippen molar-refractivity contribution in [1.82, 2.24) is 9.97 Å². The number of benzene rings is 2. The summed E-state index contributed by atoms with van der Waals surface area (Å²) in [6, 6.07) is 14.0. The minimum Gasteiger partial charge on any atom is -0.437 e. The molecule has 0 unspecified atom stereocenters. The molecule has 0 aliphatic heterocycles. The van der Waals surface area contributed by atoms with Gasteiger partial charge in [-0.15, -0.1) is 0 Å². The number of aromatic nitrogens is 2. The summed E-state index contributed by atoms with van der Waals surface area (Å²) in [5.41, 5.74) is 0. The van der Waals surface area contributed by atoms with Gasteiger partial charge in [0, 0.05) is 11.6 Å². The summed E-state index contributed by atoms with van der Waals surface area (Å²) in [5.74, 6) is 1.30. The SMILES string of the molecule is Brc1cncnc1Oc1cccc2ccccc12. The molecule has 0 amide bonds. The molecule has 3 rings (SSSR count). The van der Waals surface area contributed by atoms with Crippen LogP contribution in [0.4, 0.5) is 0 Å². The second-order valence-electron chi connectivity index (χ2n) is 3.76. The molecular formula is C14H9BrN2O. The Morgan fingerprint density at radius 1 is 1.00 bits per heavy atom. The summed E-state index contributed by atoms with van der Waals surface area (Å²) in [6.45, 7) is 0. The molecule has 0 aliphatic rings. The third-order valence-corrected chi connectivity index (χ3v) is 3.13. The third-order valence-electron chi connectivity index (χ3n) is 2.59. The monoisotopic (exact) mass is 300 g/mol. The van der Waals surface area contributed by atoms with Gasteiger partial charge in [-0.3, -0.25) is 0 Å². The molecule has 88 valence electrons. The van der Waals surface area contributed by atoms with Gasteiger partial charge in [-0.25, -0.2) is 9.97 Å². The van der Waals surface area contributed by atoms with Crippen LogP contribution in [-0.2, 0) is 0 Å². The van der Waals surface area contributed by atoms with Crippen molar-refractivity contribution in [3.05, 3.63) is 59.5 Å². The predicted octanol–water partition coefficient (Wildman–Crippen LogP) is 4.18. The zero-order valence-corrected chi connectivity index (χ0v) is 11.0. The minimum atomic E-state index is 0.515. The second kappa shape index (κ2) is 4.74. The number of nitrogens with zero attached hydrogens (tertiary/aromatic N) is 2. The van der Waals surface area contributed by atoms with Crippen LogP contribution in [0.3, 0.4) is 0 Å². The van der Waals surface area contributed by atoms with Crippen molar-refractivity contribution in [2.75, 3.05) is 0 Å². The second-order valence-corrected chi connectivity index (χ2v) is 4.61. The molecule has 0 saturated heterocycles. The predicted molar refractivity (Wildman–Crippen MR) is 73.8 cm³/mol. The summed E-state index contributed by atoms with van der Waals surface area (Å²) in [5, 5.41) is 2.20. The van der Waals surface area contributed by atoms with E-state index >= 15 is 0 Å². The smallest absolute Gasteiger partial charge is 0.236 e. The largest absolute Gasteiger partial charge is 0.437 e. The zero-order chi connectivity index (χ0) is 12.4. The average Bonchev–Trinajstić information content (AvgIpc) is 2.42. The van der Waals surface area contributed by atoms with E-state index in [9.17, 15) is 0 Å². The van der Waals surface area contributed by atoms with Gasteiger partial charge >= 0.3 is 0 Å². The summed E-state index contributed by atoms with van der Waals surface area (Å²) in [6.07, 6.45) is 3.12. The fourth-order valence-corrected chi connectivity index (χ4v) is 2.07. The van der Waals surface area contributed by atoms with Gasteiger partial charge in [-0.05, 0) is 27.4 Å². The molecule has 0 spiro atoms. The molecule has 0 atom stereocenters. The van der Waals surface area contributed by atoms with E-state index in [4.69, 9.17) is 4.74 Å². The number of ether oxygens (including phenoxy) is 1. The van der Waals surface area contributed by atoms with Crippen LogP contribution in [0, 0.1) is 0 Å². The molecule has 2 aromatic carbocycles. The summed E-state index contributed by atoms with van der Waals surface area (Å²) in [4.78, 5) is 8.01. The molecule has 0 N–H and O–H groups in total. The van der Waals surface area contributed by atoms with E-state index in [1.165, 1.54) is 6.33 Å². The maximum Gasteiger partial charge on any atom is 0.236 e. The van der Waals surface area contributed by atoms with Gasteiger partial charge in [0.15, 0.2) is 0 Å². The van der Waals surface area contributed by atoms with Crippen LogP contribution in [0.5, 0.6) is 11.6 Å². The average molecular weight is 301 g/mol. The lowest BCUT2D eigenvalue weighted by Gasteiger charge is -2.08. The quantitative estimate of drug-likeness (QED) is 0.712. The van der Waals surface area contributed by atoms with Gasteiger partial charge in [0.1, 0.15) is 12.1 Å². The van der Waals surface area contributed by atoms with Crippen molar-refractivity contribution < 1.29 is 4.74 Å². The van der Waals surface area contributed by atoms with Crippen LogP contribution in [0.1, 0.15) is 0 Å². The highest BCUT2D eigenvalue weighted by Crippen LogP contribution is 2.31.